The van der Waals surface area contributed by atoms with Gasteiger partial charge in [0.15, 0.2) is 0 Å². The third-order valence-electron chi connectivity index (χ3n) is 3.98. The zero-order valence-electron chi connectivity index (χ0n) is 13.0. The summed E-state index contributed by atoms with van der Waals surface area (Å²) in [5.74, 6) is 0. The molecule has 3 nitrogen and oxygen atoms in total. The molecule has 20 heavy (non-hydrogen) atoms. The molecular formula is C16H28N2OS. The van der Waals surface area contributed by atoms with Crippen LogP contribution in [0.2, 0.25) is 0 Å². The van der Waals surface area contributed by atoms with Crippen LogP contribution in [0.1, 0.15) is 38.5 Å². The van der Waals surface area contributed by atoms with Crippen LogP contribution in [0.15, 0.2) is 17.5 Å². The third kappa shape index (κ3) is 4.85. The van der Waals surface area contributed by atoms with Gasteiger partial charge in [-0.1, -0.05) is 6.07 Å². The first kappa shape index (κ1) is 16.0. The largest absolute Gasteiger partial charge is 0.377 e. The lowest BCUT2D eigenvalue weighted by Crippen LogP contribution is -2.44. The molecule has 1 N–H and O–H groups in total. The van der Waals surface area contributed by atoms with Gasteiger partial charge in [0.1, 0.15) is 0 Å². The molecule has 2 unspecified atom stereocenters. The predicted octanol–water partition coefficient (Wildman–Crippen LogP) is 3.12. The minimum absolute atomic E-state index is 0.437. The van der Waals surface area contributed by atoms with Gasteiger partial charge in [-0.25, -0.2) is 0 Å². The van der Waals surface area contributed by atoms with E-state index in [0.717, 1.165) is 26.2 Å². The van der Waals surface area contributed by atoms with Crippen LogP contribution < -0.4 is 5.32 Å². The zero-order valence-corrected chi connectivity index (χ0v) is 13.8. The third-order valence-corrected chi connectivity index (χ3v) is 4.84. The lowest BCUT2D eigenvalue weighted by molar-refractivity contribution is 0.104. The van der Waals surface area contributed by atoms with E-state index in [2.05, 4.69) is 48.5 Å². The van der Waals surface area contributed by atoms with E-state index in [-0.39, 0.29) is 0 Å². The zero-order chi connectivity index (χ0) is 14.4. The lowest BCUT2D eigenvalue weighted by Gasteiger charge is -2.32. The Morgan fingerprint density at radius 3 is 2.90 bits per heavy atom. The van der Waals surface area contributed by atoms with Crippen molar-refractivity contribution in [1.29, 1.82) is 0 Å². The minimum atomic E-state index is 0.437. The Bertz CT molecular complexity index is 361. The number of ether oxygens (including phenoxy) is 1. The maximum Gasteiger partial charge on any atom is 0.0700 e. The molecule has 1 aromatic rings. The molecule has 1 aromatic heterocycles. The van der Waals surface area contributed by atoms with Crippen LogP contribution in [-0.4, -0.2) is 42.8 Å². The summed E-state index contributed by atoms with van der Waals surface area (Å²) in [6, 6.07) is 5.47. The molecule has 4 heteroatoms. The van der Waals surface area contributed by atoms with Gasteiger partial charge in [-0.15, -0.1) is 11.3 Å². The summed E-state index contributed by atoms with van der Waals surface area (Å²) in [7, 11) is 0. The van der Waals surface area contributed by atoms with Gasteiger partial charge in [0.25, 0.3) is 0 Å². The van der Waals surface area contributed by atoms with Gasteiger partial charge >= 0.3 is 0 Å². The van der Waals surface area contributed by atoms with Gasteiger partial charge < -0.3 is 10.1 Å². The molecule has 1 saturated heterocycles. The molecule has 0 radical (unpaired) electrons. The Labute approximate surface area is 127 Å². The van der Waals surface area contributed by atoms with Gasteiger partial charge in [0, 0.05) is 43.2 Å². The molecule has 0 saturated carbocycles. The molecule has 1 aliphatic heterocycles. The number of hydrogen-bond acceptors (Lipinski definition) is 4. The fourth-order valence-corrected chi connectivity index (χ4v) is 3.52. The number of rotatable bonds is 8. The smallest absolute Gasteiger partial charge is 0.0700 e. The molecule has 0 aromatic carbocycles. The average Bonchev–Trinajstić information content (AvgIpc) is 3.08. The van der Waals surface area contributed by atoms with Crippen LogP contribution in [-0.2, 0) is 11.3 Å². The predicted molar refractivity (Wildman–Crippen MR) is 86.3 cm³/mol. The van der Waals surface area contributed by atoms with Crippen molar-refractivity contribution >= 4 is 11.3 Å². The van der Waals surface area contributed by atoms with Crippen molar-refractivity contribution in [2.24, 2.45) is 0 Å². The SMILES string of the molecule is CC(C)N(Cc1cccs1)C(C)CNCC1CCCO1. The van der Waals surface area contributed by atoms with Crippen LogP contribution in [0.4, 0.5) is 0 Å². The molecule has 2 rings (SSSR count). The Balaban J connectivity index is 1.75. The van der Waals surface area contributed by atoms with Crippen molar-refractivity contribution in [2.45, 2.75) is 58.3 Å². The fraction of sp³-hybridized carbons (Fsp3) is 0.750. The van der Waals surface area contributed by atoms with Crippen molar-refractivity contribution in [3.8, 4) is 0 Å². The van der Waals surface area contributed by atoms with E-state index < -0.39 is 0 Å². The van der Waals surface area contributed by atoms with E-state index in [1.807, 2.05) is 11.3 Å². The summed E-state index contributed by atoms with van der Waals surface area (Å²) in [5, 5.41) is 5.74. The Morgan fingerprint density at radius 1 is 1.45 bits per heavy atom. The van der Waals surface area contributed by atoms with E-state index in [1.54, 1.807) is 0 Å². The summed E-state index contributed by atoms with van der Waals surface area (Å²) in [6.45, 7) is 10.9. The first-order valence-electron chi connectivity index (χ1n) is 7.77. The first-order chi connectivity index (χ1) is 9.66. The van der Waals surface area contributed by atoms with Crippen molar-refractivity contribution in [2.75, 3.05) is 19.7 Å². The normalized spacial score (nSPS) is 20.9. The summed E-state index contributed by atoms with van der Waals surface area (Å²) < 4.78 is 5.65. The summed E-state index contributed by atoms with van der Waals surface area (Å²) >= 11 is 1.85. The highest BCUT2D eigenvalue weighted by atomic mass is 32.1. The van der Waals surface area contributed by atoms with Gasteiger partial charge in [0.2, 0.25) is 0 Å². The molecule has 0 aliphatic carbocycles. The average molecular weight is 296 g/mol. The van der Waals surface area contributed by atoms with Crippen molar-refractivity contribution in [3.63, 3.8) is 0 Å². The number of nitrogens with one attached hydrogen (secondary N) is 1. The van der Waals surface area contributed by atoms with E-state index in [1.165, 1.54) is 17.7 Å². The topological polar surface area (TPSA) is 24.5 Å². The van der Waals surface area contributed by atoms with Crippen LogP contribution in [0.5, 0.6) is 0 Å². The Kier molecular flexibility index (Phi) is 6.49. The quantitative estimate of drug-likeness (QED) is 0.798. The second kappa shape index (κ2) is 8.13. The monoisotopic (exact) mass is 296 g/mol. The van der Waals surface area contributed by atoms with Crippen LogP contribution in [0, 0.1) is 0 Å². The van der Waals surface area contributed by atoms with E-state index in [9.17, 15) is 0 Å². The van der Waals surface area contributed by atoms with Crippen LogP contribution in [0.3, 0.4) is 0 Å². The highest BCUT2D eigenvalue weighted by molar-refractivity contribution is 7.09. The lowest BCUT2D eigenvalue weighted by atomic mass is 10.2. The summed E-state index contributed by atoms with van der Waals surface area (Å²) in [6.07, 6.45) is 2.87. The van der Waals surface area contributed by atoms with E-state index in [4.69, 9.17) is 4.74 Å². The highest BCUT2D eigenvalue weighted by Crippen LogP contribution is 2.16. The van der Waals surface area contributed by atoms with Gasteiger partial charge in [0.05, 0.1) is 6.10 Å². The van der Waals surface area contributed by atoms with Gasteiger partial charge in [-0.3, -0.25) is 4.90 Å². The maximum atomic E-state index is 5.65. The van der Waals surface area contributed by atoms with E-state index >= 15 is 0 Å². The number of hydrogen-bond donors (Lipinski definition) is 1. The van der Waals surface area contributed by atoms with Gasteiger partial charge in [-0.05, 0) is 45.1 Å². The molecule has 1 fully saturated rings. The molecule has 0 amide bonds. The molecule has 0 spiro atoms. The van der Waals surface area contributed by atoms with Crippen molar-refractivity contribution < 1.29 is 4.74 Å². The second-order valence-corrected chi connectivity index (χ2v) is 7.02. The molecule has 2 heterocycles. The molecule has 1 aliphatic rings. The number of thiophene rings is 1. The Hall–Kier alpha value is -0.420. The Morgan fingerprint density at radius 2 is 2.30 bits per heavy atom. The summed E-state index contributed by atoms with van der Waals surface area (Å²) in [4.78, 5) is 4.01. The van der Waals surface area contributed by atoms with Crippen molar-refractivity contribution in [1.82, 2.24) is 10.2 Å². The molecule has 0 bridgehead atoms. The van der Waals surface area contributed by atoms with Crippen LogP contribution >= 0.6 is 11.3 Å². The minimum Gasteiger partial charge on any atom is -0.377 e. The van der Waals surface area contributed by atoms with Crippen LogP contribution in [0.25, 0.3) is 0 Å². The summed E-state index contributed by atoms with van der Waals surface area (Å²) in [5.41, 5.74) is 0. The molecular weight excluding hydrogens is 268 g/mol. The molecule has 2 atom stereocenters. The first-order valence-corrected chi connectivity index (χ1v) is 8.65. The second-order valence-electron chi connectivity index (χ2n) is 5.99. The highest BCUT2D eigenvalue weighted by Gasteiger charge is 2.19. The fourth-order valence-electron chi connectivity index (χ4n) is 2.81. The number of nitrogens with zero attached hydrogens (tertiary/aromatic N) is 1. The van der Waals surface area contributed by atoms with E-state index in [0.29, 0.717) is 18.2 Å². The van der Waals surface area contributed by atoms with Gasteiger partial charge in [-0.2, -0.15) is 0 Å². The molecule has 114 valence electrons. The maximum absolute atomic E-state index is 5.65. The van der Waals surface area contributed by atoms with Crippen molar-refractivity contribution in [3.05, 3.63) is 22.4 Å². The standard InChI is InChI=1S/C16H28N2OS/c1-13(2)18(12-16-7-5-9-20-16)14(3)10-17-11-15-6-4-8-19-15/h5,7,9,13-15,17H,4,6,8,10-12H2,1-3H3.